The van der Waals surface area contributed by atoms with Gasteiger partial charge in [-0.25, -0.2) is 9.37 Å². The number of aromatic nitrogens is 3. The second-order valence-corrected chi connectivity index (χ2v) is 8.84. The van der Waals surface area contributed by atoms with E-state index < -0.39 is 25.2 Å². The third-order valence-corrected chi connectivity index (χ3v) is 6.52. The summed E-state index contributed by atoms with van der Waals surface area (Å²) in [4.78, 5) is 21.1. The maximum absolute atomic E-state index is 12.8. The Hall–Kier alpha value is -3.39. The van der Waals surface area contributed by atoms with Crippen LogP contribution in [0.25, 0.3) is 10.9 Å². The number of hydrogen-bond acceptors (Lipinski definition) is 4. The Bertz CT molecular complexity index is 1250. The first-order valence-corrected chi connectivity index (χ1v) is 11.4. The highest BCUT2D eigenvalue weighted by Crippen LogP contribution is 2.32. The quantitative estimate of drug-likeness (QED) is 0.467. The maximum atomic E-state index is 12.8. The summed E-state index contributed by atoms with van der Waals surface area (Å²) in [7, 11) is 0. The molecule has 0 atom stereocenters. The van der Waals surface area contributed by atoms with Crippen LogP contribution in [0.2, 0.25) is 0 Å². The SMILES string of the molecule is Cc1c(CN2CCC(n3c(NC(=O)CF)cnc3CCC(F)(F)F)CC2)ccc2[nH]c(C#N)cc12. The van der Waals surface area contributed by atoms with Crippen LogP contribution in [0.3, 0.4) is 0 Å². The van der Waals surface area contributed by atoms with Crippen molar-refractivity contribution in [1.82, 2.24) is 19.4 Å². The number of hydrogen-bond donors (Lipinski definition) is 2. The zero-order chi connectivity index (χ0) is 25.2. The lowest BCUT2D eigenvalue weighted by molar-refractivity contribution is -0.134. The Morgan fingerprint density at radius 2 is 2.06 bits per heavy atom. The van der Waals surface area contributed by atoms with E-state index in [9.17, 15) is 22.4 Å². The van der Waals surface area contributed by atoms with E-state index in [2.05, 4.69) is 26.3 Å². The van der Waals surface area contributed by atoms with Crippen molar-refractivity contribution < 1.29 is 22.4 Å². The number of aryl methyl sites for hydroxylation is 2. The number of likely N-dealkylation sites (tertiary alicyclic amines) is 1. The average Bonchev–Trinajstić information content (AvgIpc) is 3.44. The monoisotopic (exact) mass is 490 g/mol. The van der Waals surface area contributed by atoms with E-state index in [1.807, 2.05) is 25.1 Å². The molecular weight excluding hydrogens is 464 g/mol. The lowest BCUT2D eigenvalue weighted by Gasteiger charge is -2.34. The van der Waals surface area contributed by atoms with Crippen LogP contribution in [0.1, 0.15) is 47.9 Å². The first-order chi connectivity index (χ1) is 16.7. The van der Waals surface area contributed by atoms with Gasteiger partial charge in [-0.3, -0.25) is 9.69 Å². The number of alkyl halides is 4. The number of nitrogens with one attached hydrogen (secondary N) is 2. The molecule has 4 rings (SSSR count). The number of imidazole rings is 1. The van der Waals surface area contributed by atoms with Crippen molar-refractivity contribution in [2.45, 2.75) is 51.4 Å². The summed E-state index contributed by atoms with van der Waals surface area (Å²) in [5.74, 6) is -0.400. The molecule has 1 aromatic carbocycles. The Labute approximate surface area is 199 Å². The molecule has 1 aliphatic rings. The van der Waals surface area contributed by atoms with Crippen molar-refractivity contribution in [3.63, 3.8) is 0 Å². The van der Waals surface area contributed by atoms with Gasteiger partial charge in [-0.05, 0) is 43.0 Å². The van der Waals surface area contributed by atoms with Crippen LogP contribution in [0.4, 0.5) is 23.4 Å². The van der Waals surface area contributed by atoms with Gasteiger partial charge in [0.2, 0.25) is 0 Å². The molecule has 7 nitrogen and oxygen atoms in total. The lowest BCUT2D eigenvalue weighted by Crippen LogP contribution is -2.35. The topological polar surface area (TPSA) is 89.7 Å². The summed E-state index contributed by atoms with van der Waals surface area (Å²) in [6.45, 7) is 2.91. The van der Waals surface area contributed by atoms with E-state index in [-0.39, 0.29) is 24.1 Å². The number of carbonyl (C=O) groups is 1. The molecule has 0 aliphatic carbocycles. The number of halogens is 4. The third-order valence-electron chi connectivity index (χ3n) is 6.52. The van der Waals surface area contributed by atoms with Crippen LogP contribution in [0.5, 0.6) is 0 Å². The minimum atomic E-state index is -4.32. The minimum Gasteiger partial charge on any atom is -0.346 e. The van der Waals surface area contributed by atoms with Gasteiger partial charge in [0.15, 0.2) is 6.67 Å². The van der Waals surface area contributed by atoms with Gasteiger partial charge in [0, 0.05) is 43.0 Å². The zero-order valence-electron chi connectivity index (χ0n) is 19.3. The Morgan fingerprint density at radius 1 is 1.31 bits per heavy atom. The van der Waals surface area contributed by atoms with Crippen LogP contribution >= 0.6 is 0 Å². The number of amides is 1. The molecule has 0 bridgehead atoms. The van der Waals surface area contributed by atoms with Crippen LogP contribution in [-0.2, 0) is 17.8 Å². The number of piperidine rings is 1. The van der Waals surface area contributed by atoms with E-state index in [1.54, 1.807) is 4.57 Å². The molecule has 11 heteroatoms. The fraction of sp³-hybridized carbons (Fsp3) is 0.458. The summed E-state index contributed by atoms with van der Waals surface area (Å²) >= 11 is 0. The van der Waals surface area contributed by atoms with Gasteiger partial charge in [0.05, 0.1) is 12.6 Å². The molecule has 1 fully saturated rings. The van der Waals surface area contributed by atoms with E-state index in [0.717, 1.165) is 22.0 Å². The van der Waals surface area contributed by atoms with Gasteiger partial charge >= 0.3 is 6.18 Å². The van der Waals surface area contributed by atoms with Crippen molar-refractivity contribution in [2.75, 3.05) is 25.1 Å². The van der Waals surface area contributed by atoms with Crippen LogP contribution in [-0.4, -0.2) is 51.3 Å². The summed E-state index contributed by atoms with van der Waals surface area (Å²) in [5, 5.41) is 12.6. The molecular formula is C24H26F4N6O. The van der Waals surface area contributed by atoms with Gasteiger partial charge < -0.3 is 14.9 Å². The predicted molar refractivity (Wildman–Crippen MR) is 123 cm³/mol. The van der Waals surface area contributed by atoms with E-state index in [1.165, 1.54) is 6.20 Å². The van der Waals surface area contributed by atoms with Gasteiger partial charge in [-0.15, -0.1) is 0 Å². The highest BCUT2D eigenvalue weighted by molar-refractivity contribution is 5.90. The first kappa shape index (κ1) is 24.7. The number of nitriles is 1. The molecule has 1 amide bonds. The molecule has 2 aromatic heterocycles. The van der Waals surface area contributed by atoms with Crippen LogP contribution in [0.15, 0.2) is 24.4 Å². The van der Waals surface area contributed by atoms with Crippen molar-refractivity contribution in [2.24, 2.45) is 0 Å². The second-order valence-electron chi connectivity index (χ2n) is 8.84. The van der Waals surface area contributed by atoms with E-state index in [4.69, 9.17) is 5.26 Å². The Kier molecular flexibility index (Phi) is 7.12. The van der Waals surface area contributed by atoms with Crippen molar-refractivity contribution in [1.29, 1.82) is 5.26 Å². The number of benzene rings is 1. The normalized spacial score (nSPS) is 15.4. The second kappa shape index (κ2) is 10.1. The number of H-pyrrole nitrogens is 1. The van der Waals surface area contributed by atoms with Gasteiger partial charge in [0.1, 0.15) is 23.4 Å². The Balaban J connectivity index is 1.47. The molecule has 0 spiro atoms. The largest absolute Gasteiger partial charge is 0.389 e. The fourth-order valence-electron chi connectivity index (χ4n) is 4.72. The molecule has 1 saturated heterocycles. The molecule has 1 aliphatic heterocycles. The number of fused-ring (bicyclic) bond motifs is 1. The summed E-state index contributed by atoms with van der Waals surface area (Å²) in [5.41, 5.74) is 3.67. The predicted octanol–water partition coefficient (Wildman–Crippen LogP) is 4.78. The molecule has 2 N–H and O–H groups in total. The Morgan fingerprint density at radius 3 is 2.71 bits per heavy atom. The first-order valence-electron chi connectivity index (χ1n) is 11.4. The standard InChI is InChI=1S/C24H26F4N6O/c1-15-16(2-3-20-19(15)10-17(12-29)31-20)14-33-8-5-18(6-9-33)34-21(4-7-24(26,27)28)30-13-22(34)32-23(35)11-25/h2-3,10,13,18,31H,4-9,11,14H2,1H3,(H,32,35). The van der Waals surface area contributed by atoms with E-state index >= 15 is 0 Å². The number of carbonyl (C=O) groups excluding carboxylic acids is 1. The van der Waals surface area contributed by atoms with Crippen molar-refractivity contribution in [3.05, 3.63) is 47.0 Å². The maximum Gasteiger partial charge on any atom is 0.389 e. The molecule has 186 valence electrons. The van der Waals surface area contributed by atoms with E-state index in [0.29, 0.717) is 38.2 Å². The van der Waals surface area contributed by atoms with Crippen molar-refractivity contribution in [3.8, 4) is 6.07 Å². The van der Waals surface area contributed by atoms with Crippen LogP contribution < -0.4 is 5.32 Å². The third kappa shape index (κ3) is 5.65. The minimum absolute atomic E-state index is 0.154. The number of aromatic amines is 1. The fourth-order valence-corrected chi connectivity index (χ4v) is 4.72. The molecule has 3 aromatic rings. The zero-order valence-corrected chi connectivity index (χ0v) is 19.3. The molecule has 35 heavy (non-hydrogen) atoms. The number of nitrogens with zero attached hydrogens (tertiary/aromatic N) is 4. The molecule has 0 unspecified atom stereocenters. The van der Waals surface area contributed by atoms with Gasteiger partial charge in [-0.2, -0.15) is 18.4 Å². The average molecular weight is 491 g/mol. The molecule has 0 saturated carbocycles. The highest BCUT2D eigenvalue weighted by atomic mass is 19.4. The van der Waals surface area contributed by atoms with Crippen molar-refractivity contribution >= 4 is 22.6 Å². The summed E-state index contributed by atoms with van der Waals surface area (Å²) in [6, 6.07) is 7.81. The number of rotatable bonds is 7. The summed E-state index contributed by atoms with van der Waals surface area (Å²) < 4.78 is 52.8. The lowest BCUT2D eigenvalue weighted by atomic mass is 10.0. The summed E-state index contributed by atoms with van der Waals surface area (Å²) in [6.07, 6.45) is -3.05. The molecule has 3 heterocycles. The van der Waals surface area contributed by atoms with Gasteiger partial charge in [0.25, 0.3) is 5.91 Å². The smallest absolute Gasteiger partial charge is 0.346 e. The number of anilines is 1. The van der Waals surface area contributed by atoms with Crippen LogP contribution in [0, 0.1) is 18.3 Å². The highest BCUT2D eigenvalue weighted by Gasteiger charge is 2.30. The van der Waals surface area contributed by atoms with Gasteiger partial charge in [-0.1, -0.05) is 6.07 Å². The molecule has 0 radical (unpaired) electrons.